The smallest absolute Gasteiger partial charge is 0.121 e. The summed E-state index contributed by atoms with van der Waals surface area (Å²) >= 11 is 0. The number of hydrogen-bond donors (Lipinski definition) is 1. The van der Waals surface area contributed by atoms with Gasteiger partial charge in [0.2, 0.25) is 0 Å². The van der Waals surface area contributed by atoms with E-state index in [2.05, 4.69) is 112 Å². The van der Waals surface area contributed by atoms with Crippen LogP contribution in [0.5, 0.6) is 0 Å². The van der Waals surface area contributed by atoms with Gasteiger partial charge in [0.05, 0.1) is 12.0 Å². The number of imidazole rings is 1. The summed E-state index contributed by atoms with van der Waals surface area (Å²) in [6.07, 6.45) is 4.09. The van der Waals surface area contributed by atoms with Crippen LogP contribution in [0.2, 0.25) is 0 Å². The average molecular weight is 353 g/mol. The predicted molar refractivity (Wildman–Crippen MR) is 110 cm³/mol. The van der Waals surface area contributed by atoms with E-state index in [1.807, 2.05) is 13.4 Å². The van der Waals surface area contributed by atoms with E-state index in [0.29, 0.717) is 0 Å². The van der Waals surface area contributed by atoms with Crippen LogP contribution in [0.3, 0.4) is 0 Å². The molecule has 0 amide bonds. The molecule has 3 aromatic carbocycles. The van der Waals surface area contributed by atoms with Crippen LogP contribution in [-0.2, 0) is 12.1 Å². The highest BCUT2D eigenvalue weighted by Gasteiger charge is 2.38. The third-order valence-corrected chi connectivity index (χ3v) is 4.96. The van der Waals surface area contributed by atoms with Crippen molar-refractivity contribution in [1.29, 1.82) is 0 Å². The molecule has 3 nitrogen and oxygen atoms in total. The molecule has 0 bridgehead atoms. The molecule has 4 rings (SSSR count). The molecular weight excluding hydrogens is 330 g/mol. The summed E-state index contributed by atoms with van der Waals surface area (Å²) in [7, 11) is 1.94. The number of nitrogens with zero attached hydrogens (tertiary/aromatic N) is 2. The van der Waals surface area contributed by atoms with Gasteiger partial charge in [-0.2, -0.15) is 0 Å². The minimum Gasteiger partial charge on any atom is -0.319 e. The zero-order valence-corrected chi connectivity index (χ0v) is 15.4. The fourth-order valence-electron chi connectivity index (χ4n) is 3.80. The van der Waals surface area contributed by atoms with Gasteiger partial charge in [-0.1, -0.05) is 91.0 Å². The van der Waals surface area contributed by atoms with Crippen LogP contribution in [0, 0.1) is 0 Å². The molecule has 0 spiro atoms. The van der Waals surface area contributed by atoms with Gasteiger partial charge >= 0.3 is 0 Å². The second-order valence-electron chi connectivity index (χ2n) is 6.61. The quantitative estimate of drug-likeness (QED) is 0.519. The van der Waals surface area contributed by atoms with E-state index in [4.69, 9.17) is 0 Å². The summed E-state index contributed by atoms with van der Waals surface area (Å²) in [5, 5.41) is 3.19. The molecule has 0 aliphatic carbocycles. The molecule has 0 saturated heterocycles. The van der Waals surface area contributed by atoms with E-state index in [-0.39, 0.29) is 0 Å². The largest absolute Gasteiger partial charge is 0.319 e. The lowest BCUT2D eigenvalue weighted by Gasteiger charge is -2.37. The Labute approximate surface area is 160 Å². The van der Waals surface area contributed by atoms with Crippen molar-refractivity contribution in [3.8, 4) is 0 Å². The van der Waals surface area contributed by atoms with Crippen molar-refractivity contribution >= 4 is 0 Å². The van der Waals surface area contributed by atoms with Crippen LogP contribution < -0.4 is 5.32 Å². The second kappa shape index (κ2) is 7.60. The van der Waals surface area contributed by atoms with E-state index in [0.717, 1.165) is 12.2 Å². The van der Waals surface area contributed by atoms with Crippen molar-refractivity contribution in [1.82, 2.24) is 14.9 Å². The first kappa shape index (κ1) is 17.3. The van der Waals surface area contributed by atoms with Crippen molar-refractivity contribution in [2.45, 2.75) is 12.1 Å². The third-order valence-electron chi connectivity index (χ3n) is 4.96. The van der Waals surface area contributed by atoms with Gasteiger partial charge in [0.1, 0.15) is 5.54 Å². The fourth-order valence-corrected chi connectivity index (χ4v) is 3.80. The Morgan fingerprint density at radius 1 is 0.741 bits per heavy atom. The SMILES string of the molecule is CNCc1cn(C(c2ccccc2)(c2ccccc2)c2ccccc2)cn1. The number of rotatable bonds is 6. The van der Waals surface area contributed by atoms with Crippen molar-refractivity contribution < 1.29 is 0 Å². The normalized spacial score (nSPS) is 11.4. The molecule has 0 saturated carbocycles. The second-order valence-corrected chi connectivity index (χ2v) is 6.61. The average Bonchev–Trinajstić information content (AvgIpc) is 3.20. The van der Waals surface area contributed by atoms with E-state index >= 15 is 0 Å². The fraction of sp³-hybridized carbons (Fsp3) is 0.125. The number of aromatic nitrogens is 2. The molecule has 0 radical (unpaired) electrons. The van der Waals surface area contributed by atoms with Crippen LogP contribution >= 0.6 is 0 Å². The number of nitrogens with one attached hydrogen (secondary N) is 1. The van der Waals surface area contributed by atoms with E-state index in [1.165, 1.54) is 16.7 Å². The van der Waals surface area contributed by atoms with Crippen molar-refractivity contribution in [2.75, 3.05) is 7.05 Å². The van der Waals surface area contributed by atoms with Crippen molar-refractivity contribution in [3.05, 3.63) is 126 Å². The first-order valence-electron chi connectivity index (χ1n) is 9.20. The van der Waals surface area contributed by atoms with Gasteiger partial charge in [0.25, 0.3) is 0 Å². The maximum absolute atomic E-state index is 4.65. The highest BCUT2D eigenvalue weighted by atomic mass is 15.1. The Morgan fingerprint density at radius 2 is 1.19 bits per heavy atom. The highest BCUT2D eigenvalue weighted by molar-refractivity contribution is 5.50. The molecule has 0 aliphatic rings. The Kier molecular flexibility index (Phi) is 4.86. The van der Waals surface area contributed by atoms with E-state index in [9.17, 15) is 0 Å². The maximum Gasteiger partial charge on any atom is 0.121 e. The van der Waals surface area contributed by atoms with Crippen LogP contribution in [0.1, 0.15) is 22.4 Å². The summed E-state index contributed by atoms with van der Waals surface area (Å²) < 4.78 is 2.24. The maximum atomic E-state index is 4.65. The summed E-state index contributed by atoms with van der Waals surface area (Å²) in [5.74, 6) is 0. The summed E-state index contributed by atoms with van der Waals surface area (Å²) in [6.45, 7) is 0.738. The molecule has 0 atom stereocenters. The van der Waals surface area contributed by atoms with E-state index in [1.54, 1.807) is 0 Å². The lowest BCUT2D eigenvalue weighted by atomic mass is 9.77. The van der Waals surface area contributed by atoms with Crippen LogP contribution in [0.25, 0.3) is 0 Å². The number of benzene rings is 3. The standard InChI is InChI=1S/C24H23N3/c1-25-17-23-18-27(19-26-23)24(20-11-5-2-6-12-20,21-13-7-3-8-14-21)22-15-9-4-10-16-22/h2-16,18-19,25H,17H2,1H3. The predicted octanol–water partition coefficient (Wildman–Crippen LogP) is 4.44. The lowest BCUT2D eigenvalue weighted by Crippen LogP contribution is -2.37. The Bertz CT molecular complexity index is 879. The van der Waals surface area contributed by atoms with Crippen molar-refractivity contribution in [3.63, 3.8) is 0 Å². The monoisotopic (exact) mass is 353 g/mol. The van der Waals surface area contributed by atoms with Gasteiger partial charge in [-0.25, -0.2) is 4.98 Å². The van der Waals surface area contributed by atoms with Gasteiger partial charge in [-0.15, -0.1) is 0 Å². The highest BCUT2D eigenvalue weighted by Crippen LogP contribution is 2.40. The molecular formula is C24H23N3. The van der Waals surface area contributed by atoms with Crippen molar-refractivity contribution in [2.24, 2.45) is 0 Å². The van der Waals surface area contributed by atoms with Gasteiger partial charge < -0.3 is 9.88 Å². The van der Waals surface area contributed by atoms with E-state index < -0.39 is 5.54 Å². The summed E-state index contributed by atoms with van der Waals surface area (Å²) in [5.41, 5.74) is 4.15. The molecule has 1 N–H and O–H groups in total. The molecule has 0 fully saturated rings. The summed E-state index contributed by atoms with van der Waals surface area (Å²) in [4.78, 5) is 4.65. The van der Waals surface area contributed by atoms with Crippen LogP contribution in [-0.4, -0.2) is 16.6 Å². The van der Waals surface area contributed by atoms with Crippen LogP contribution in [0.15, 0.2) is 104 Å². The molecule has 0 aliphatic heterocycles. The van der Waals surface area contributed by atoms with Crippen LogP contribution in [0.4, 0.5) is 0 Å². The molecule has 1 heterocycles. The van der Waals surface area contributed by atoms with Gasteiger partial charge in [-0.05, 0) is 23.7 Å². The third kappa shape index (κ3) is 3.07. The van der Waals surface area contributed by atoms with Gasteiger partial charge in [0, 0.05) is 12.7 Å². The molecule has 27 heavy (non-hydrogen) atoms. The Balaban J connectivity index is 2.06. The molecule has 0 unspecified atom stereocenters. The number of hydrogen-bond acceptors (Lipinski definition) is 2. The Morgan fingerprint density at radius 3 is 1.59 bits per heavy atom. The van der Waals surface area contributed by atoms with Gasteiger partial charge in [0.15, 0.2) is 0 Å². The van der Waals surface area contributed by atoms with Gasteiger partial charge in [-0.3, -0.25) is 0 Å². The molecule has 4 aromatic rings. The first-order chi connectivity index (χ1) is 13.4. The zero-order valence-electron chi connectivity index (χ0n) is 15.4. The summed E-state index contributed by atoms with van der Waals surface area (Å²) in [6, 6.07) is 31.9. The molecule has 134 valence electrons. The lowest BCUT2D eigenvalue weighted by molar-refractivity contribution is 0.514. The Hall–Kier alpha value is -3.17. The zero-order chi connectivity index (χ0) is 18.5. The topological polar surface area (TPSA) is 29.9 Å². The first-order valence-corrected chi connectivity index (χ1v) is 9.20. The molecule has 3 heteroatoms. The minimum atomic E-state index is -0.483. The minimum absolute atomic E-state index is 0.483. The molecule has 1 aromatic heterocycles.